The van der Waals surface area contributed by atoms with Crippen LogP contribution in [0.25, 0.3) is 0 Å². The third-order valence-electron chi connectivity index (χ3n) is 2.03. The quantitative estimate of drug-likeness (QED) is 0.799. The van der Waals surface area contributed by atoms with E-state index in [1.807, 2.05) is 6.92 Å². The summed E-state index contributed by atoms with van der Waals surface area (Å²) in [6, 6.07) is 3.24. The smallest absolute Gasteiger partial charge is 0.411 e. The molecule has 0 fully saturated rings. The number of nitrogens with zero attached hydrogens (tertiary/aromatic N) is 1. The third-order valence-corrected chi connectivity index (χ3v) is 2.03. The van der Waals surface area contributed by atoms with Gasteiger partial charge in [0.25, 0.3) is 0 Å². The molecule has 0 saturated heterocycles. The van der Waals surface area contributed by atoms with Crippen molar-refractivity contribution in [2.45, 2.75) is 19.1 Å². The van der Waals surface area contributed by atoms with Crippen LogP contribution in [0.4, 0.5) is 13.2 Å². The minimum absolute atomic E-state index is 0.0145. The van der Waals surface area contributed by atoms with Gasteiger partial charge in [0.15, 0.2) is 0 Å². The zero-order chi connectivity index (χ0) is 13.6. The van der Waals surface area contributed by atoms with E-state index in [0.29, 0.717) is 5.88 Å². The van der Waals surface area contributed by atoms with Crippen LogP contribution < -0.4 is 10.5 Å². The fourth-order valence-corrected chi connectivity index (χ4v) is 1.14. The highest BCUT2D eigenvalue weighted by molar-refractivity contribution is 5.19. The van der Waals surface area contributed by atoms with Gasteiger partial charge in [-0.3, -0.25) is 0 Å². The van der Waals surface area contributed by atoms with Gasteiger partial charge in [-0.2, -0.15) is 13.2 Å². The van der Waals surface area contributed by atoms with Gasteiger partial charge in [-0.25, -0.2) is 4.98 Å². The summed E-state index contributed by atoms with van der Waals surface area (Å²) in [6.07, 6.45) is -2.74. The molecule has 0 spiro atoms. The predicted molar refractivity (Wildman–Crippen MR) is 59.2 cm³/mol. The highest BCUT2D eigenvalue weighted by Gasteiger charge is 2.27. The molecular formula is C11H15F3N2O2. The van der Waals surface area contributed by atoms with Crippen LogP contribution in [0.3, 0.4) is 0 Å². The molecule has 2 N–H and O–H groups in total. The van der Waals surface area contributed by atoms with E-state index in [0.717, 1.165) is 5.56 Å². The summed E-state index contributed by atoms with van der Waals surface area (Å²) in [6.45, 7) is 0.423. The van der Waals surface area contributed by atoms with Crippen molar-refractivity contribution in [2.24, 2.45) is 5.73 Å². The van der Waals surface area contributed by atoms with Crippen molar-refractivity contribution in [2.75, 3.05) is 19.8 Å². The van der Waals surface area contributed by atoms with Gasteiger partial charge in [0.2, 0.25) is 5.88 Å². The molecule has 0 saturated carbocycles. The van der Waals surface area contributed by atoms with Crippen LogP contribution in [-0.4, -0.2) is 31.0 Å². The maximum Gasteiger partial charge on any atom is 0.411 e. The van der Waals surface area contributed by atoms with Gasteiger partial charge in [-0.1, -0.05) is 6.07 Å². The van der Waals surface area contributed by atoms with Crippen LogP contribution in [0.15, 0.2) is 18.3 Å². The molecular weight excluding hydrogens is 249 g/mol. The van der Waals surface area contributed by atoms with E-state index < -0.39 is 12.8 Å². The van der Waals surface area contributed by atoms with Crippen LogP contribution in [0.1, 0.15) is 18.5 Å². The van der Waals surface area contributed by atoms with Gasteiger partial charge < -0.3 is 15.2 Å². The van der Waals surface area contributed by atoms with Gasteiger partial charge in [-0.15, -0.1) is 0 Å². The lowest BCUT2D eigenvalue weighted by atomic mass is 10.2. The number of halogens is 3. The number of aromatic nitrogens is 1. The van der Waals surface area contributed by atoms with Gasteiger partial charge in [0.1, 0.15) is 13.2 Å². The van der Waals surface area contributed by atoms with Crippen molar-refractivity contribution in [3.8, 4) is 5.88 Å². The van der Waals surface area contributed by atoms with E-state index in [1.54, 1.807) is 18.3 Å². The van der Waals surface area contributed by atoms with E-state index in [4.69, 9.17) is 10.5 Å². The van der Waals surface area contributed by atoms with E-state index in [-0.39, 0.29) is 19.3 Å². The SMILES string of the molecule is CC(N)c1ccc(OCCOCC(F)(F)F)nc1. The Bertz CT molecular complexity index is 352. The number of nitrogens with two attached hydrogens (primary N) is 1. The zero-order valence-corrected chi connectivity index (χ0v) is 9.91. The minimum atomic E-state index is -4.31. The molecule has 0 bridgehead atoms. The first-order valence-corrected chi connectivity index (χ1v) is 5.37. The summed E-state index contributed by atoms with van der Waals surface area (Å²) in [5, 5.41) is 0. The molecule has 0 amide bonds. The Morgan fingerprint density at radius 3 is 2.56 bits per heavy atom. The Balaban J connectivity index is 2.23. The van der Waals surface area contributed by atoms with Gasteiger partial charge in [-0.05, 0) is 12.5 Å². The van der Waals surface area contributed by atoms with Crippen molar-refractivity contribution in [1.82, 2.24) is 4.98 Å². The van der Waals surface area contributed by atoms with Gasteiger partial charge in [0.05, 0.1) is 6.61 Å². The fraction of sp³-hybridized carbons (Fsp3) is 0.545. The fourth-order valence-electron chi connectivity index (χ4n) is 1.14. The summed E-state index contributed by atoms with van der Waals surface area (Å²) < 4.78 is 44.7. The second kappa shape index (κ2) is 6.55. The summed E-state index contributed by atoms with van der Waals surface area (Å²) >= 11 is 0. The van der Waals surface area contributed by atoms with Crippen molar-refractivity contribution in [1.29, 1.82) is 0 Å². The van der Waals surface area contributed by atoms with E-state index in [1.165, 1.54) is 0 Å². The highest BCUT2D eigenvalue weighted by Crippen LogP contribution is 2.14. The van der Waals surface area contributed by atoms with Crippen LogP contribution >= 0.6 is 0 Å². The molecule has 0 aliphatic carbocycles. The summed E-state index contributed by atoms with van der Waals surface area (Å²) in [4.78, 5) is 3.97. The molecule has 1 aromatic rings. The first-order chi connectivity index (χ1) is 8.38. The van der Waals surface area contributed by atoms with Gasteiger partial charge in [0, 0.05) is 18.3 Å². The Hall–Kier alpha value is -1.34. The predicted octanol–water partition coefficient (Wildman–Crippen LogP) is 2.06. The summed E-state index contributed by atoms with van der Waals surface area (Å²) in [5.41, 5.74) is 6.49. The van der Waals surface area contributed by atoms with E-state index >= 15 is 0 Å². The maximum absolute atomic E-state index is 11.7. The Morgan fingerprint density at radius 2 is 2.06 bits per heavy atom. The lowest BCUT2D eigenvalue weighted by Crippen LogP contribution is -2.19. The van der Waals surface area contributed by atoms with Crippen LogP contribution in [0.2, 0.25) is 0 Å². The first kappa shape index (κ1) is 14.7. The number of alkyl halides is 3. The molecule has 1 unspecified atom stereocenters. The largest absolute Gasteiger partial charge is 0.475 e. The lowest BCUT2D eigenvalue weighted by molar-refractivity contribution is -0.175. The number of ether oxygens (including phenoxy) is 2. The molecule has 102 valence electrons. The Labute approximate surface area is 103 Å². The molecule has 1 atom stereocenters. The Kier molecular flexibility index (Phi) is 5.36. The van der Waals surface area contributed by atoms with E-state index in [2.05, 4.69) is 9.72 Å². The van der Waals surface area contributed by atoms with Gasteiger partial charge >= 0.3 is 6.18 Å². The number of rotatable bonds is 6. The Morgan fingerprint density at radius 1 is 1.33 bits per heavy atom. The lowest BCUT2D eigenvalue weighted by Gasteiger charge is -2.09. The monoisotopic (exact) mass is 264 g/mol. The van der Waals surface area contributed by atoms with Crippen LogP contribution in [0, 0.1) is 0 Å². The molecule has 0 aromatic carbocycles. The zero-order valence-electron chi connectivity index (χ0n) is 9.91. The molecule has 1 aromatic heterocycles. The highest BCUT2D eigenvalue weighted by atomic mass is 19.4. The van der Waals surface area contributed by atoms with Crippen LogP contribution in [0.5, 0.6) is 5.88 Å². The van der Waals surface area contributed by atoms with Crippen molar-refractivity contribution >= 4 is 0 Å². The molecule has 0 aliphatic heterocycles. The maximum atomic E-state index is 11.7. The average molecular weight is 264 g/mol. The number of hydrogen-bond acceptors (Lipinski definition) is 4. The third kappa shape index (κ3) is 5.83. The molecule has 7 heteroatoms. The molecule has 1 heterocycles. The molecule has 0 radical (unpaired) electrons. The minimum Gasteiger partial charge on any atom is -0.475 e. The second-order valence-electron chi connectivity index (χ2n) is 3.73. The van der Waals surface area contributed by atoms with Crippen LogP contribution in [-0.2, 0) is 4.74 Å². The number of pyridine rings is 1. The first-order valence-electron chi connectivity index (χ1n) is 5.37. The van der Waals surface area contributed by atoms with Crippen molar-refractivity contribution in [3.63, 3.8) is 0 Å². The summed E-state index contributed by atoms with van der Waals surface area (Å²) in [7, 11) is 0. The second-order valence-corrected chi connectivity index (χ2v) is 3.73. The normalized spacial score (nSPS) is 13.4. The number of hydrogen-bond donors (Lipinski definition) is 1. The molecule has 1 rings (SSSR count). The van der Waals surface area contributed by atoms with Crippen molar-refractivity contribution < 1.29 is 22.6 Å². The average Bonchev–Trinajstić information content (AvgIpc) is 2.27. The molecule has 0 aliphatic rings. The standard InChI is InChI=1S/C11H15F3N2O2/c1-8(15)9-2-3-10(16-6-9)18-5-4-17-7-11(12,13)14/h2-3,6,8H,4-5,7,15H2,1H3. The topological polar surface area (TPSA) is 57.4 Å². The summed E-state index contributed by atoms with van der Waals surface area (Å²) in [5.74, 6) is 0.329. The van der Waals surface area contributed by atoms with Crippen molar-refractivity contribution in [3.05, 3.63) is 23.9 Å². The molecule has 4 nitrogen and oxygen atoms in total. The molecule has 18 heavy (non-hydrogen) atoms. The van der Waals surface area contributed by atoms with E-state index in [9.17, 15) is 13.2 Å².